The van der Waals surface area contributed by atoms with Crippen LogP contribution in [0.3, 0.4) is 0 Å². The van der Waals surface area contributed by atoms with E-state index in [0.717, 1.165) is 10.7 Å². The van der Waals surface area contributed by atoms with Crippen molar-refractivity contribution >= 4 is 35.0 Å². The van der Waals surface area contributed by atoms with Crippen LogP contribution in [0.25, 0.3) is 0 Å². The Labute approximate surface area is 184 Å². The van der Waals surface area contributed by atoms with Gasteiger partial charge in [0.1, 0.15) is 5.82 Å². The molecule has 2 aromatic carbocycles. The van der Waals surface area contributed by atoms with E-state index in [0.29, 0.717) is 40.4 Å². The fraction of sp³-hybridized carbons (Fsp3) is 0.286. The maximum Gasteiger partial charge on any atom is 0.232 e. The molecular formula is C21H23ClN4O3S. The third kappa shape index (κ3) is 5.67. The highest BCUT2D eigenvalue weighted by Gasteiger charge is 2.14. The number of para-hydroxylation sites is 2. The van der Waals surface area contributed by atoms with E-state index >= 15 is 0 Å². The van der Waals surface area contributed by atoms with Gasteiger partial charge in [-0.1, -0.05) is 41.6 Å². The summed E-state index contributed by atoms with van der Waals surface area (Å²) in [6.07, 6.45) is 0.118. The van der Waals surface area contributed by atoms with Crippen molar-refractivity contribution < 1.29 is 14.3 Å². The van der Waals surface area contributed by atoms with Crippen LogP contribution >= 0.6 is 23.4 Å². The number of anilines is 1. The Morgan fingerprint density at radius 3 is 2.70 bits per heavy atom. The van der Waals surface area contributed by atoms with Gasteiger partial charge in [-0.05, 0) is 36.8 Å². The van der Waals surface area contributed by atoms with E-state index in [-0.39, 0.29) is 12.3 Å². The van der Waals surface area contributed by atoms with Crippen LogP contribution in [0.2, 0.25) is 5.02 Å². The van der Waals surface area contributed by atoms with Crippen LogP contribution < -0.4 is 14.8 Å². The predicted octanol–water partition coefficient (Wildman–Crippen LogP) is 4.14. The van der Waals surface area contributed by atoms with Crippen molar-refractivity contribution in [1.82, 2.24) is 14.8 Å². The lowest BCUT2D eigenvalue weighted by Crippen LogP contribution is -2.17. The molecule has 0 unspecified atom stereocenters. The number of benzene rings is 2. The van der Waals surface area contributed by atoms with Gasteiger partial charge in [0.2, 0.25) is 5.91 Å². The zero-order chi connectivity index (χ0) is 21.5. The molecule has 0 spiro atoms. The molecule has 0 aliphatic rings. The first-order valence-corrected chi connectivity index (χ1v) is 10.7. The summed E-state index contributed by atoms with van der Waals surface area (Å²) in [6.45, 7) is 2.40. The first-order chi connectivity index (χ1) is 14.5. The van der Waals surface area contributed by atoms with E-state index in [1.54, 1.807) is 13.2 Å². The summed E-state index contributed by atoms with van der Waals surface area (Å²) in [6, 6.07) is 12.9. The van der Waals surface area contributed by atoms with Crippen molar-refractivity contribution in [3.8, 4) is 11.5 Å². The molecule has 0 radical (unpaired) electrons. The van der Waals surface area contributed by atoms with Gasteiger partial charge in [-0.25, -0.2) is 0 Å². The van der Waals surface area contributed by atoms with Gasteiger partial charge in [0.15, 0.2) is 16.7 Å². The van der Waals surface area contributed by atoms with Crippen LogP contribution in [-0.2, 0) is 18.3 Å². The predicted molar refractivity (Wildman–Crippen MR) is 119 cm³/mol. The van der Waals surface area contributed by atoms with Gasteiger partial charge in [0, 0.05) is 23.5 Å². The average molecular weight is 447 g/mol. The minimum Gasteiger partial charge on any atom is -0.493 e. The number of carbonyl (C=O) groups excluding carboxylic acids is 1. The molecule has 1 heterocycles. The third-order valence-electron chi connectivity index (χ3n) is 4.34. The van der Waals surface area contributed by atoms with Crippen LogP contribution in [0, 0.1) is 6.92 Å². The van der Waals surface area contributed by atoms with Gasteiger partial charge in [0.25, 0.3) is 0 Å². The van der Waals surface area contributed by atoms with Gasteiger partial charge in [-0.2, -0.15) is 0 Å². The highest BCUT2D eigenvalue weighted by Crippen LogP contribution is 2.26. The van der Waals surface area contributed by atoms with Crippen LogP contribution in [0.5, 0.6) is 11.5 Å². The van der Waals surface area contributed by atoms with E-state index in [2.05, 4.69) is 15.5 Å². The lowest BCUT2D eigenvalue weighted by Gasteiger charge is -2.10. The second-order valence-electron chi connectivity index (χ2n) is 6.49. The summed E-state index contributed by atoms with van der Waals surface area (Å²) in [4.78, 5) is 12.3. The second-order valence-corrected chi connectivity index (χ2v) is 7.96. The molecule has 0 aliphatic heterocycles. The largest absolute Gasteiger partial charge is 0.493 e. The molecule has 30 heavy (non-hydrogen) atoms. The zero-order valence-corrected chi connectivity index (χ0v) is 18.6. The molecule has 0 aliphatic carbocycles. The fourth-order valence-corrected chi connectivity index (χ4v) is 3.59. The minimum absolute atomic E-state index is 0.118. The molecule has 3 aromatic rings. The number of methoxy groups -OCH3 is 1. The summed E-state index contributed by atoms with van der Waals surface area (Å²) in [5.41, 5.74) is 1.61. The smallest absolute Gasteiger partial charge is 0.232 e. The maximum atomic E-state index is 12.3. The maximum absolute atomic E-state index is 12.3. The van der Waals surface area contributed by atoms with Crippen molar-refractivity contribution in [3.05, 3.63) is 58.9 Å². The van der Waals surface area contributed by atoms with Crippen LogP contribution in [0.15, 0.2) is 47.6 Å². The van der Waals surface area contributed by atoms with Crippen molar-refractivity contribution in [2.24, 2.45) is 7.05 Å². The first kappa shape index (κ1) is 22.0. The van der Waals surface area contributed by atoms with Crippen LogP contribution in [-0.4, -0.2) is 40.1 Å². The number of ether oxygens (including phenoxy) is 2. The fourth-order valence-electron chi connectivity index (χ4n) is 2.67. The van der Waals surface area contributed by atoms with E-state index < -0.39 is 0 Å². The number of aromatic nitrogens is 3. The average Bonchev–Trinajstić information content (AvgIpc) is 3.07. The number of carbonyl (C=O) groups is 1. The Kier molecular flexibility index (Phi) is 7.59. The molecule has 7 nitrogen and oxygen atoms in total. The number of nitrogens with zero attached hydrogens (tertiary/aromatic N) is 3. The molecule has 3 rings (SSSR count). The highest BCUT2D eigenvalue weighted by atomic mass is 35.5. The topological polar surface area (TPSA) is 78.3 Å². The number of hydrogen-bond donors (Lipinski definition) is 1. The lowest BCUT2D eigenvalue weighted by atomic mass is 10.2. The molecule has 0 bridgehead atoms. The zero-order valence-electron chi connectivity index (χ0n) is 17.0. The standard InChI is InChI=1S/C21H23ClN4O3S/c1-14-8-9-15(12-16(14)22)23-20(27)13-19-24-25-21(26(19)2)30-11-10-29-18-7-5-4-6-17(18)28-3/h4-9,12H,10-11,13H2,1-3H3,(H,23,27). The first-order valence-electron chi connectivity index (χ1n) is 9.31. The van der Waals surface area contributed by atoms with Crippen molar-refractivity contribution in [3.63, 3.8) is 0 Å². The minimum atomic E-state index is -0.179. The van der Waals surface area contributed by atoms with E-state index in [1.165, 1.54) is 11.8 Å². The SMILES string of the molecule is COc1ccccc1OCCSc1nnc(CC(=O)Nc2ccc(C)c(Cl)c2)n1C. The summed E-state index contributed by atoms with van der Waals surface area (Å²) in [7, 11) is 3.45. The van der Waals surface area contributed by atoms with E-state index in [1.807, 2.05) is 54.9 Å². The van der Waals surface area contributed by atoms with Crippen molar-refractivity contribution in [2.75, 3.05) is 24.8 Å². The third-order valence-corrected chi connectivity index (χ3v) is 5.73. The summed E-state index contributed by atoms with van der Waals surface area (Å²) in [5.74, 6) is 2.48. The molecule has 0 saturated carbocycles. The van der Waals surface area contributed by atoms with Crippen molar-refractivity contribution in [1.29, 1.82) is 0 Å². The Morgan fingerprint density at radius 2 is 1.97 bits per heavy atom. The number of halogens is 1. The molecule has 1 aromatic heterocycles. The summed E-state index contributed by atoms with van der Waals surface area (Å²) < 4.78 is 12.9. The highest BCUT2D eigenvalue weighted by molar-refractivity contribution is 7.99. The number of rotatable bonds is 9. The summed E-state index contributed by atoms with van der Waals surface area (Å²) in [5, 5.41) is 12.5. The Bertz CT molecular complexity index is 1030. The number of aryl methyl sites for hydroxylation is 1. The lowest BCUT2D eigenvalue weighted by molar-refractivity contribution is -0.115. The van der Waals surface area contributed by atoms with Gasteiger partial charge in [-0.15, -0.1) is 10.2 Å². The number of nitrogens with one attached hydrogen (secondary N) is 1. The Hall–Kier alpha value is -2.71. The molecule has 0 fully saturated rings. The Balaban J connectivity index is 1.50. The molecule has 1 N–H and O–H groups in total. The van der Waals surface area contributed by atoms with Crippen LogP contribution in [0.4, 0.5) is 5.69 Å². The molecule has 158 valence electrons. The number of amides is 1. The van der Waals surface area contributed by atoms with Gasteiger partial charge in [0.05, 0.1) is 20.1 Å². The van der Waals surface area contributed by atoms with E-state index in [9.17, 15) is 4.79 Å². The molecule has 0 saturated heterocycles. The van der Waals surface area contributed by atoms with Crippen molar-refractivity contribution in [2.45, 2.75) is 18.5 Å². The molecule has 9 heteroatoms. The quantitative estimate of drug-likeness (QED) is 0.393. The van der Waals surface area contributed by atoms with Crippen LogP contribution in [0.1, 0.15) is 11.4 Å². The van der Waals surface area contributed by atoms with E-state index in [4.69, 9.17) is 21.1 Å². The normalized spacial score (nSPS) is 10.7. The molecule has 0 atom stereocenters. The summed E-state index contributed by atoms with van der Waals surface area (Å²) >= 11 is 7.61. The second kappa shape index (κ2) is 10.4. The molecular weight excluding hydrogens is 424 g/mol. The Morgan fingerprint density at radius 1 is 1.20 bits per heavy atom. The number of thioether (sulfide) groups is 1. The number of hydrogen-bond acceptors (Lipinski definition) is 6. The van der Waals surface area contributed by atoms with Gasteiger partial charge in [-0.3, -0.25) is 4.79 Å². The monoisotopic (exact) mass is 446 g/mol. The molecule has 1 amide bonds. The van der Waals surface area contributed by atoms with Gasteiger partial charge >= 0.3 is 0 Å². The van der Waals surface area contributed by atoms with Gasteiger partial charge < -0.3 is 19.4 Å².